The zero-order valence-corrected chi connectivity index (χ0v) is 19.3. The van der Waals surface area contributed by atoms with E-state index in [0.717, 1.165) is 20.4 Å². The minimum absolute atomic E-state index is 0.193. The Morgan fingerprint density at radius 2 is 1.45 bits per heavy atom. The number of anilines is 2. The summed E-state index contributed by atoms with van der Waals surface area (Å²) in [5, 5.41) is 2.90. The highest BCUT2D eigenvalue weighted by Crippen LogP contribution is 2.23. The fraction of sp³-hybridized carbons (Fsp3) is 0.136. The second-order valence-corrected chi connectivity index (χ2v) is 9.79. The van der Waals surface area contributed by atoms with Gasteiger partial charge in [0.1, 0.15) is 0 Å². The quantitative estimate of drug-likeness (QED) is 0.451. The number of hydrogen-bond donors (Lipinski definition) is 2. The van der Waals surface area contributed by atoms with Crippen molar-refractivity contribution < 1.29 is 13.2 Å². The van der Waals surface area contributed by atoms with Crippen LogP contribution in [0.2, 0.25) is 0 Å². The third-order valence-electron chi connectivity index (χ3n) is 4.50. The lowest BCUT2D eigenvalue weighted by molar-refractivity contribution is 0.102. The highest BCUT2D eigenvalue weighted by Gasteiger charge is 2.16. The highest BCUT2D eigenvalue weighted by atomic mass is 127. The van der Waals surface area contributed by atoms with Gasteiger partial charge in [-0.25, -0.2) is 8.42 Å². The molecule has 2 N–H and O–H groups in total. The number of nitrogens with one attached hydrogen (secondary N) is 2. The van der Waals surface area contributed by atoms with Gasteiger partial charge >= 0.3 is 0 Å². The van der Waals surface area contributed by atoms with E-state index in [2.05, 4.69) is 32.6 Å². The van der Waals surface area contributed by atoms with Crippen molar-refractivity contribution >= 4 is 49.9 Å². The van der Waals surface area contributed by atoms with E-state index in [1.54, 1.807) is 49.4 Å². The number of halogens is 1. The van der Waals surface area contributed by atoms with Gasteiger partial charge in [0.2, 0.25) is 0 Å². The van der Waals surface area contributed by atoms with Crippen molar-refractivity contribution in [3.63, 3.8) is 0 Å². The van der Waals surface area contributed by atoms with Crippen molar-refractivity contribution in [1.82, 2.24) is 0 Å². The molecule has 0 aliphatic rings. The third kappa shape index (κ3) is 5.16. The molecule has 150 valence electrons. The van der Waals surface area contributed by atoms with Crippen LogP contribution in [0.15, 0.2) is 65.6 Å². The van der Waals surface area contributed by atoms with E-state index < -0.39 is 10.0 Å². The summed E-state index contributed by atoms with van der Waals surface area (Å²) in [6.45, 7) is 5.60. The molecule has 0 saturated heterocycles. The molecule has 0 fully saturated rings. The van der Waals surface area contributed by atoms with Crippen molar-refractivity contribution in [2.45, 2.75) is 25.7 Å². The molecule has 0 spiro atoms. The van der Waals surface area contributed by atoms with Crippen LogP contribution in [0.4, 0.5) is 11.4 Å². The van der Waals surface area contributed by atoms with E-state index in [0.29, 0.717) is 16.8 Å². The number of benzene rings is 3. The molecule has 5 nitrogen and oxygen atoms in total. The number of hydrogen-bond acceptors (Lipinski definition) is 3. The maximum absolute atomic E-state index is 12.6. The predicted molar refractivity (Wildman–Crippen MR) is 125 cm³/mol. The average molecular weight is 520 g/mol. The van der Waals surface area contributed by atoms with Crippen molar-refractivity contribution in [3.05, 3.63) is 86.5 Å². The average Bonchev–Trinajstić information content (AvgIpc) is 2.66. The van der Waals surface area contributed by atoms with Crippen LogP contribution in [0.5, 0.6) is 0 Å². The van der Waals surface area contributed by atoms with Crippen LogP contribution in [0, 0.1) is 24.3 Å². The summed E-state index contributed by atoms with van der Waals surface area (Å²) in [5.74, 6) is -0.245. The second-order valence-electron chi connectivity index (χ2n) is 6.86. The van der Waals surface area contributed by atoms with Gasteiger partial charge in [-0.3, -0.25) is 9.52 Å². The molecule has 0 aromatic heterocycles. The van der Waals surface area contributed by atoms with Crippen molar-refractivity contribution in [2.24, 2.45) is 0 Å². The van der Waals surface area contributed by atoms with E-state index in [1.807, 2.05) is 32.0 Å². The topological polar surface area (TPSA) is 75.3 Å². The lowest BCUT2D eigenvalue weighted by atomic mass is 10.1. The fourth-order valence-corrected chi connectivity index (χ4v) is 4.58. The molecular weight excluding hydrogens is 499 g/mol. The smallest absolute Gasteiger partial charge is 0.261 e. The first-order valence-corrected chi connectivity index (χ1v) is 11.5. The van der Waals surface area contributed by atoms with Gasteiger partial charge in [0, 0.05) is 14.8 Å². The van der Waals surface area contributed by atoms with Crippen molar-refractivity contribution in [2.75, 3.05) is 10.0 Å². The van der Waals surface area contributed by atoms with Gasteiger partial charge < -0.3 is 5.32 Å². The highest BCUT2D eigenvalue weighted by molar-refractivity contribution is 14.1. The number of sulfonamides is 1. The van der Waals surface area contributed by atoms with Gasteiger partial charge in [-0.15, -0.1) is 0 Å². The van der Waals surface area contributed by atoms with Crippen molar-refractivity contribution in [1.29, 1.82) is 0 Å². The molecule has 1 amide bonds. The van der Waals surface area contributed by atoms with Gasteiger partial charge in [0.25, 0.3) is 15.9 Å². The Balaban J connectivity index is 1.79. The summed E-state index contributed by atoms with van der Waals surface area (Å²) in [4.78, 5) is 12.8. The van der Waals surface area contributed by atoms with Crippen LogP contribution >= 0.6 is 22.6 Å². The molecule has 3 aromatic rings. The summed E-state index contributed by atoms with van der Waals surface area (Å²) < 4.78 is 28.9. The van der Waals surface area contributed by atoms with Crippen LogP contribution in [0.25, 0.3) is 0 Å². The molecule has 3 aromatic carbocycles. The molecule has 0 aliphatic carbocycles. The van der Waals surface area contributed by atoms with Crippen LogP contribution in [-0.4, -0.2) is 14.3 Å². The molecule has 3 rings (SSSR count). The lowest BCUT2D eigenvalue weighted by Gasteiger charge is -2.13. The molecule has 0 saturated carbocycles. The third-order valence-corrected chi connectivity index (χ3v) is 6.55. The first-order chi connectivity index (χ1) is 13.7. The SMILES string of the molecule is Cc1ccc(S(=O)(=O)Nc2ccc(C(=O)Nc3ccc(I)cc3C)cc2C)cc1. The number of rotatable bonds is 5. The number of carbonyl (C=O) groups excluding carboxylic acids is 1. The summed E-state index contributed by atoms with van der Waals surface area (Å²) in [6, 6.07) is 17.3. The normalized spacial score (nSPS) is 11.2. The van der Waals surface area contributed by atoms with E-state index in [9.17, 15) is 13.2 Å². The van der Waals surface area contributed by atoms with E-state index >= 15 is 0 Å². The lowest BCUT2D eigenvalue weighted by Crippen LogP contribution is -2.15. The van der Waals surface area contributed by atoms with Gasteiger partial charge in [-0.2, -0.15) is 0 Å². The van der Waals surface area contributed by atoms with Crippen LogP contribution in [0.3, 0.4) is 0 Å². The number of amides is 1. The van der Waals surface area contributed by atoms with Crippen molar-refractivity contribution in [3.8, 4) is 0 Å². The molecular formula is C22H21IN2O3S. The largest absolute Gasteiger partial charge is 0.322 e. The Kier molecular flexibility index (Phi) is 6.28. The summed E-state index contributed by atoms with van der Waals surface area (Å²) in [7, 11) is -3.70. The minimum Gasteiger partial charge on any atom is -0.322 e. The van der Waals surface area contributed by atoms with E-state index in [-0.39, 0.29) is 10.8 Å². The fourth-order valence-electron chi connectivity index (χ4n) is 2.80. The Bertz CT molecular complexity index is 1170. The second kappa shape index (κ2) is 8.54. The minimum atomic E-state index is -3.70. The first-order valence-electron chi connectivity index (χ1n) is 8.93. The Morgan fingerprint density at radius 3 is 2.07 bits per heavy atom. The Hall–Kier alpha value is -2.39. The zero-order chi connectivity index (χ0) is 21.2. The van der Waals surface area contributed by atoms with Gasteiger partial charge in [0.05, 0.1) is 10.6 Å². The summed E-state index contributed by atoms with van der Waals surface area (Å²) >= 11 is 2.22. The Labute approximate surface area is 184 Å². The van der Waals surface area contributed by atoms with Crippen LogP contribution < -0.4 is 10.0 Å². The molecule has 0 atom stereocenters. The zero-order valence-electron chi connectivity index (χ0n) is 16.3. The molecule has 0 bridgehead atoms. The van der Waals surface area contributed by atoms with Gasteiger partial charge in [-0.1, -0.05) is 17.7 Å². The monoisotopic (exact) mass is 520 g/mol. The maximum Gasteiger partial charge on any atom is 0.261 e. The standard InChI is InChI=1S/C22H21IN2O3S/c1-14-4-8-19(9-5-14)29(27,28)25-21-10-6-17(12-15(21)2)22(26)24-20-11-7-18(23)13-16(20)3/h4-13,25H,1-3H3,(H,24,26). The molecule has 7 heteroatoms. The van der Waals surface area contributed by atoms with E-state index in [1.165, 1.54) is 0 Å². The summed E-state index contributed by atoms with van der Waals surface area (Å²) in [5.41, 5.74) is 4.26. The van der Waals surface area contributed by atoms with Gasteiger partial charge in [-0.05, 0) is 103 Å². The summed E-state index contributed by atoms with van der Waals surface area (Å²) in [6.07, 6.45) is 0. The molecule has 0 unspecified atom stereocenters. The Morgan fingerprint density at radius 1 is 0.828 bits per heavy atom. The van der Waals surface area contributed by atoms with Crippen LogP contribution in [-0.2, 0) is 10.0 Å². The number of aryl methyl sites for hydroxylation is 3. The molecule has 29 heavy (non-hydrogen) atoms. The number of carbonyl (C=O) groups is 1. The van der Waals surface area contributed by atoms with Gasteiger partial charge in [0.15, 0.2) is 0 Å². The maximum atomic E-state index is 12.6. The first kappa shape index (κ1) is 21.3. The molecule has 0 heterocycles. The predicted octanol–water partition coefficient (Wildman–Crippen LogP) is 5.27. The van der Waals surface area contributed by atoms with E-state index in [4.69, 9.17) is 0 Å². The molecule has 0 radical (unpaired) electrons. The van der Waals surface area contributed by atoms with Crippen LogP contribution in [0.1, 0.15) is 27.0 Å². The molecule has 0 aliphatic heterocycles.